The summed E-state index contributed by atoms with van der Waals surface area (Å²) in [6.45, 7) is 2.79. The summed E-state index contributed by atoms with van der Waals surface area (Å²) in [5.74, 6) is 3.59. The van der Waals surface area contributed by atoms with E-state index in [1.807, 2.05) is 24.3 Å². The molecule has 3 aliphatic carbocycles. The van der Waals surface area contributed by atoms with Gasteiger partial charge in [0, 0.05) is 29.8 Å². The van der Waals surface area contributed by atoms with E-state index >= 15 is 0 Å². The number of Topliss-reactive ketones (excluding diaryl/α,β-unsaturated/α-hetero) is 1. The number of aryl methyl sites for hydroxylation is 1. The molecule has 2 saturated carbocycles. The van der Waals surface area contributed by atoms with Gasteiger partial charge in [-0.25, -0.2) is 0 Å². The Kier molecular flexibility index (Phi) is 7.44. The van der Waals surface area contributed by atoms with Crippen molar-refractivity contribution in [3.63, 3.8) is 0 Å². The SMILES string of the molecule is COc1ccc2c(c1)CC[C@H]1[C@@H]3[C@H](CCCCC(=O)NCc4ccc(Cl)cc4)CC(=O)[C@@]3(C)CC[C@H]21. The maximum absolute atomic E-state index is 13.2. The highest BCUT2D eigenvalue weighted by atomic mass is 35.5. The van der Waals surface area contributed by atoms with Crippen LogP contribution in [-0.4, -0.2) is 18.8 Å². The zero-order chi connectivity index (χ0) is 25.3. The van der Waals surface area contributed by atoms with Crippen LogP contribution in [0.1, 0.15) is 80.9 Å². The van der Waals surface area contributed by atoms with Gasteiger partial charge >= 0.3 is 0 Å². The Morgan fingerprint density at radius 1 is 1.14 bits per heavy atom. The summed E-state index contributed by atoms with van der Waals surface area (Å²) < 4.78 is 5.47. The summed E-state index contributed by atoms with van der Waals surface area (Å²) >= 11 is 5.93. The standard InChI is InChI=1S/C31H38ClNO3/c1-31-16-15-26-25-14-12-24(36-2)17-21(25)9-13-27(26)30(31)22(18-28(31)34)5-3-4-6-29(35)33-19-20-7-10-23(32)11-8-20/h7-8,10-12,14,17,22,26-27,30H,3-6,9,13,15-16,18-19H2,1-2H3,(H,33,35)/t22-,26-,27-,30+,31-/m1/s1. The number of unbranched alkanes of at least 4 members (excludes halogenated alkanes) is 1. The molecule has 5 atom stereocenters. The number of carbonyl (C=O) groups is 2. The predicted octanol–water partition coefficient (Wildman–Crippen LogP) is 6.88. The number of hydrogen-bond donors (Lipinski definition) is 1. The molecule has 4 nitrogen and oxygen atoms in total. The van der Waals surface area contributed by atoms with Gasteiger partial charge < -0.3 is 10.1 Å². The third-order valence-electron chi connectivity index (χ3n) is 9.41. The summed E-state index contributed by atoms with van der Waals surface area (Å²) in [7, 11) is 1.73. The van der Waals surface area contributed by atoms with Gasteiger partial charge in [-0.1, -0.05) is 43.1 Å². The number of amides is 1. The van der Waals surface area contributed by atoms with Crippen LogP contribution in [0.15, 0.2) is 42.5 Å². The van der Waals surface area contributed by atoms with E-state index in [4.69, 9.17) is 16.3 Å². The average Bonchev–Trinajstić information content (AvgIpc) is 3.15. The van der Waals surface area contributed by atoms with Crippen LogP contribution < -0.4 is 10.1 Å². The third-order valence-corrected chi connectivity index (χ3v) is 9.66. The molecular formula is C31H38ClNO3. The third kappa shape index (κ3) is 4.94. The molecule has 2 aromatic rings. The molecule has 0 radical (unpaired) electrons. The molecule has 1 N–H and O–H groups in total. The summed E-state index contributed by atoms with van der Waals surface area (Å²) in [4.78, 5) is 25.6. The van der Waals surface area contributed by atoms with Crippen LogP contribution in [0.4, 0.5) is 0 Å². The van der Waals surface area contributed by atoms with Crippen LogP contribution in [0.3, 0.4) is 0 Å². The van der Waals surface area contributed by atoms with Crippen molar-refractivity contribution in [1.82, 2.24) is 5.32 Å². The molecular weight excluding hydrogens is 470 g/mol. The highest BCUT2D eigenvalue weighted by Crippen LogP contribution is 2.62. The first-order valence-electron chi connectivity index (χ1n) is 13.6. The van der Waals surface area contributed by atoms with Crippen molar-refractivity contribution in [2.45, 2.75) is 77.2 Å². The predicted molar refractivity (Wildman–Crippen MR) is 143 cm³/mol. The molecule has 3 aliphatic rings. The normalized spacial score (nSPS) is 28.7. The molecule has 0 bridgehead atoms. The van der Waals surface area contributed by atoms with E-state index < -0.39 is 0 Å². The van der Waals surface area contributed by atoms with Crippen LogP contribution in [0.25, 0.3) is 0 Å². The second-order valence-electron chi connectivity index (χ2n) is 11.4. The van der Waals surface area contributed by atoms with Crippen molar-refractivity contribution in [2.75, 3.05) is 7.11 Å². The highest BCUT2D eigenvalue weighted by molar-refractivity contribution is 6.30. The molecule has 2 aromatic carbocycles. The van der Waals surface area contributed by atoms with Gasteiger partial charge in [-0.15, -0.1) is 0 Å². The lowest BCUT2D eigenvalue weighted by atomic mass is 9.54. The number of nitrogens with one attached hydrogen (secondary N) is 1. The van der Waals surface area contributed by atoms with Crippen molar-refractivity contribution in [3.05, 3.63) is 64.2 Å². The van der Waals surface area contributed by atoms with E-state index in [1.165, 1.54) is 17.5 Å². The zero-order valence-corrected chi connectivity index (χ0v) is 22.3. The molecule has 5 heteroatoms. The van der Waals surface area contributed by atoms with Crippen molar-refractivity contribution >= 4 is 23.3 Å². The minimum atomic E-state index is -0.161. The minimum absolute atomic E-state index is 0.0920. The van der Waals surface area contributed by atoms with Crippen LogP contribution in [0.5, 0.6) is 5.75 Å². The van der Waals surface area contributed by atoms with E-state index in [0.717, 1.165) is 56.3 Å². The number of methoxy groups -OCH3 is 1. The van der Waals surface area contributed by atoms with Crippen molar-refractivity contribution < 1.29 is 14.3 Å². The number of carbonyl (C=O) groups excluding carboxylic acids is 2. The molecule has 0 aromatic heterocycles. The molecule has 0 unspecified atom stereocenters. The Morgan fingerprint density at radius 3 is 2.72 bits per heavy atom. The van der Waals surface area contributed by atoms with Crippen molar-refractivity contribution in [1.29, 1.82) is 0 Å². The van der Waals surface area contributed by atoms with Gasteiger partial charge in [0.2, 0.25) is 5.91 Å². The van der Waals surface area contributed by atoms with E-state index in [1.54, 1.807) is 7.11 Å². The van der Waals surface area contributed by atoms with Gasteiger partial charge in [0.05, 0.1) is 7.11 Å². The van der Waals surface area contributed by atoms with Gasteiger partial charge in [-0.05, 0) is 103 Å². The number of fused-ring (bicyclic) bond motifs is 5. The lowest BCUT2D eigenvalue weighted by Crippen LogP contribution is -2.44. The lowest BCUT2D eigenvalue weighted by Gasteiger charge is -2.50. The average molecular weight is 508 g/mol. The first-order valence-corrected chi connectivity index (χ1v) is 14.0. The maximum Gasteiger partial charge on any atom is 0.220 e. The number of benzene rings is 2. The Morgan fingerprint density at radius 2 is 1.94 bits per heavy atom. The first-order chi connectivity index (χ1) is 17.4. The first kappa shape index (κ1) is 25.3. The highest BCUT2D eigenvalue weighted by Gasteiger charge is 2.58. The number of rotatable bonds is 8. The second kappa shape index (κ2) is 10.6. The number of ether oxygens (including phenoxy) is 1. The molecule has 0 saturated heterocycles. The van der Waals surface area contributed by atoms with Gasteiger partial charge in [0.25, 0.3) is 0 Å². The topological polar surface area (TPSA) is 55.4 Å². The van der Waals surface area contributed by atoms with Crippen molar-refractivity contribution in [3.8, 4) is 5.75 Å². The van der Waals surface area contributed by atoms with Gasteiger partial charge in [0.15, 0.2) is 0 Å². The fourth-order valence-corrected chi connectivity index (χ4v) is 7.72. The van der Waals surface area contributed by atoms with E-state index in [2.05, 4.69) is 30.4 Å². The zero-order valence-electron chi connectivity index (χ0n) is 21.5. The summed E-state index contributed by atoms with van der Waals surface area (Å²) in [5.41, 5.74) is 3.82. The smallest absolute Gasteiger partial charge is 0.220 e. The van der Waals surface area contributed by atoms with Gasteiger partial charge in [-0.2, -0.15) is 0 Å². The van der Waals surface area contributed by atoms with E-state index in [-0.39, 0.29) is 11.3 Å². The van der Waals surface area contributed by atoms with Crippen LogP contribution in [0.2, 0.25) is 5.02 Å². The molecule has 192 valence electrons. The molecule has 0 heterocycles. The molecule has 0 spiro atoms. The molecule has 0 aliphatic heterocycles. The lowest BCUT2D eigenvalue weighted by molar-refractivity contribution is -0.129. The summed E-state index contributed by atoms with van der Waals surface area (Å²) in [6.07, 6.45) is 8.56. The Labute approximate surface area is 220 Å². The molecule has 2 fully saturated rings. The molecule has 1 amide bonds. The Balaban J connectivity index is 1.17. The maximum atomic E-state index is 13.2. The Hall–Kier alpha value is -2.33. The fourth-order valence-electron chi connectivity index (χ4n) is 7.59. The second-order valence-corrected chi connectivity index (χ2v) is 11.8. The summed E-state index contributed by atoms with van der Waals surface area (Å²) in [5, 5.41) is 3.72. The number of hydrogen-bond acceptors (Lipinski definition) is 3. The van der Waals surface area contributed by atoms with E-state index in [0.29, 0.717) is 47.4 Å². The Bertz CT molecular complexity index is 1110. The van der Waals surface area contributed by atoms with Crippen LogP contribution >= 0.6 is 11.6 Å². The monoisotopic (exact) mass is 507 g/mol. The number of halogens is 1. The van der Waals surface area contributed by atoms with Crippen molar-refractivity contribution in [2.24, 2.45) is 23.2 Å². The quantitative estimate of drug-likeness (QED) is 0.396. The molecule has 5 rings (SSSR count). The van der Waals surface area contributed by atoms with Gasteiger partial charge in [0.1, 0.15) is 11.5 Å². The number of ketones is 1. The largest absolute Gasteiger partial charge is 0.497 e. The minimum Gasteiger partial charge on any atom is -0.497 e. The van der Waals surface area contributed by atoms with Gasteiger partial charge in [-0.3, -0.25) is 9.59 Å². The molecule has 36 heavy (non-hydrogen) atoms. The van der Waals surface area contributed by atoms with Crippen LogP contribution in [-0.2, 0) is 22.6 Å². The summed E-state index contributed by atoms with van der Waals surface area (Å²) in [6, 6.07) is 14.2. The van der Waals surface area contributed by atoms with E-state index in [9.17, 15) is 9.59 Å². The van der Waals surface area contributed by atoms with Crippen LogP contribution in [0, 0.1) is 23.2 Å². The fraction of sp³-hybridized carbons (Fsp3) is 0.548.